The molecule has 0 atom stereocenters. The average molecular weight is 266 g/mol. The third-order valence-electron chi connectivity index (χ3n) is 2.73. The number of carbonyl (C=O) groups excluding carboxylic acids is 1. The molecule has 1 aromatic heterocycles. The predicted molar refractivity (Wildman–Crippen MR) is 66.7 cm³/mol. The molecule has 0 radical (unpaired) electrons. The molecule has 2 aromatic rings. The molecule has 0 aliphatic heterocycles. The van der Waals surface area contributed by atoms with Crippen molar-refractivity contribution in [2.45, 2.75) is 6.92 Å². The van der Waals surface area contributed by atoms with Gasteiger partial charge in [0, 0.05) is 13.1 Å². The van der Waals surface area contributed by atoms with Gasteiger partial charge in [-0.1, -0.05) is 0 Å². The topological polar surface area (TPSA) is 72.9 Å². The van der Waals surface area contributed by atoms with Crippen LogP contribution in [-0.4, -0.2) is 15.7 Å². The second-order valence-corrected chi connectivity index (χ2v) is 4.10. The molecule has 1 aromatic carbocycles. The molecule has 0 aliphatic carbocycles. The lowest BCUT2D eigenvalue weighted by Gasteiger charge is -2.07. The summed E-state index contributed by atoms with van der Waals surface area (Å²) < 4.78 is 28.2. The van der Waals surface area contributed by atoms with E-state index in [0.29, 0.717) is 0 Å². The lowest BCUT2D eigenvalue weighted by atomic mass is 10.2. The predicted octanol–water partition coefficient (Wildman–Crippen LogP) is 1.84. The maximum absolute atomic E-state index is 13.6. The summed E-state index contributed by atoms with van der Waals surface area (Å²) in [6.07, 6.45) is 1.26. The monoisotopic (exact) mass is 266 g/mol. The van der Waals surface area contributed by atoms with Crippen LogP contribution >= 0.6 is 0 Å². The fourth-order valence-electron chi connectivity index (χ4n) is 1.55. The fourth-order valence-corrected chi connectivity index (χ4v) is 1.55. The molecule has 0 spiro atoms. The highest BCUT2D eigenvalue weighted by molar-refractivity contribution is 6.07. The summed E-state index contributed by atoms with van der Waals surface area (Å²) in [7, 11) is 1.57. The summed E-state index contributed by atoms with van der Waals surface area (Å²) in [5, 5.41) is 6.06. The molecular weight excluding hydrogens is 254 g/mol. The van der Waals surface area contributed by atoms with Gasteiger partial charge in [-0.2, -0.15) is 5.10 Å². The molecule has 0 saturated carbocycles. The van der Waals surface area contributed by atoms with Crippen LogP contribution in [0.25, 0.3) is 0 Å². The Hall–Kier alpha value is -2.44. The van der Waals surface area contributed by atoms with Crippen molar-refractivity contribution < 1.29 is 13.6 Å². The Labute approximate surface area is 108 Å². The highest BCUT2D eigenvalue weighted by Crippen LogP contribution is 2.20. The van der Waals surface area contributed by atoms with E-state index in [0.717, 1.165) is 12.1 Å². The van der Waals surface area contributed by atoms with Crippen molar-refractivity contribution >= 4 is 17.4 Å². The lowest BCUT2D eigenvalue weighted by molar-refractivity contribution is 0.102. The molecule has 3 N–H and O–H groups in total. The van der Waals surface area contributed by atoms with Crippen LogP contribution in [0.4, 0.5) is 20.3 Å². The van der Waals surface area contributed by atoms with Crippen molar-refractivity contribution in [3.63, 3.8) is 0 Å². The van der Waals surface area contributed by atoms with Gasteiger partial charge in [0.15, 0.2) is 0 Å². The van der Waals surface area contributed by atoms with E-state index >= 15 is 0 Å². The minimum atomic E-state index is -0.713. The maximum atomic E-state index is 13.6. The number of nitrogens with zero attached hydrogens (tertiary/aromatic N) is 2. The number of hydrogen-bond donors (Lipinski definition) is 2. The lowest BCUT2D eigenvalue weighted by Crippen LogP contribution is -2.15. The van der Waals surface area contributed by atoms with E-state index in [4.69, 9.17) is 5.73 Å². The van der Waals surface area contributed by atoms with Crippen LogP contribution in [0, 0.1) is 18.6 Å². The number of amides is 1. The largest absolute Gasteiger partial charge is 0.383 e. The molecule has 0 fully saturated rings. The number of nitrogen functional groups attached to an aromatic ring is 1. The number of anilines is 2. The molecule has 7 heteroatoms. The third-order valence-corrected chi connectivity index (χ3v) is 2.73. The third kappa shape index (κ3) is 2.40. The van der Waals surface area contributed by atoms with Gasteiger partial charge in [-0.3, -0.25) is 9.48 Å². The van der Waals surface area contributed by atoms with Crippen LogP contribution in [0.5, 0.6) is 0 Å². The zero-order chi connectivity index (χ0) is 14.2. The van der Waals surface area contributed by atoms with E-state index in [1.165, 1.54) is 17.8 Å². The number of aromatic nitrogens is 2. The van der Waals surface area contributed by atoms with Gasteiger partial charge in [0.25, 0.3) is 5.91 Å². The number of nitrogens with one attached hydrogen (secondary N) is 1. The first kappa shape index (κ1) is 13.0. The minimum Gasteiger partial charge on any atom is -0.383 e. The Bertz CT molecular complexity index is 651. The van der Waals surface area contributed by atoms with Gasteiger partial charge in [-0.05, 0) is 18.6 Å². The number of carbonyl (C=O) groups is 1. The van der Waals surface area contributed by atoms with Gasteiger partial charge in [-0.25, -0.2) is 8.78 Å². The number of halogens is 2. The molecule has 0 unspecified atom stereocenters. The van der Waals surface area contributed by atoms with Gasteiger partial charge < -0.3 is 11.1 Å². The molecular formula is C12H12F2N4O. The molecule has 2 rings (SSSR count). The summed E-state index contributed by atoms with van der Waals surface area (Å²) in [6.45, 7) is 1.43. The van der Waals surface area contributed by atoms with Crippen molar-refractivity contribution in [3.05, 3.63) is 41.1 Å². The van der Waals surface area contributed by atoms with Gasteiger partial charge in [0.1, 0.15) is 23.0 Å². The summed E-state index contributed by atoms with van der Waals surface area (Å²) >= 11 is 0. The second-order valence-electron chi connectivity index (χ2n) is 4.10. The van der Waals surface area contributed by atoms with E-state index in [-0.39, 0.29) is 22.6 Å². The molecule has 1 amide bonds. The van der Waals surface area contributed by atoms with Crippen LogP contribution in [0.15, 0.2) is 18.3 Å². The number of hydrogen-bond acceptors (Lipinski definition) is 3. The summed E-state index contributed by atoms with van der Waals surface area (Å²) in [6, 6.07) is 1.94. The van der Waals surface area contributed by atoms with E-state index in [1.54, 1.807) is 7.05 Å². The zero-order valence-corrected chi connectivity index (χ0v) is 10.4. The Morgan fingerprint density at radius 1 is 1.37 bits per heavy atom. The SMILES string of the molecule is Cc1cc(F)c(NC(=O)c2cnn(C)c2N)cc1F. The minimum absolute atomic E-state index is 0.0999. The summed E-state index contributed by atoms with van der Waals surface area (Å²) in [4.78, 5) is 11.9. The molecule has 5 nitrogen and oxygen atoms in total. The van der Waals surface area contributed by atoms with E-state index in [2.05, 4.69) is 10.4 Å². The normalized spacial score (nSPS) is 10.5. The van der Waals surface area contributed by atoms with Gasteiger partial charge in [0.2, 0.25) is 0 Å². The molecule has 0 saturated heterocycles. The van der Waals surface area contributed by atoms with Gasteiger partial charge >= 0.3 is 0 Å². The molecule has 0 bridgehead atoms. The smallest absolute Gasteiger partial charge is 0.261 e. The Morgan fingerprint density at radius 2 is 2.05 bits per heavy atom. The highest BCUT2D eigenvalue weighted by Gasteiger charge is 2.16. The molecule has 19 heavy (non-hydrogen) atoms. The molecule has 100 valence electrons. The van der Waals surface area contributed by atoms with Crippen molar-refractivity contribution in [1.82, 2.24) is 9.78 Å². The van der Waals surface area contributed by atoms with Crippen molar-refractivity contribution in [1.29, 1.82) is 0 Å². The Balaban J connectivity index is 2.29. The van der Waals surface area contributed by atoms with E-state index in [9.17, 15) is 13.6 Å². The first-order valence-electron chi connectivity index (χ1n) is 5.44. The van der Waals surface area contributed by atoms with E-state index < -0.39 is 17.5 Å². The second kappa shape index (κ2) is 4.68. The van der Waals surface area contributed by atoms with Gasteiger partial charge in [0.05, 0.1) is 11.9 Å². The van der Waals surface area contributed by atoms with E-state index in [1.807, 2.05) is 0 Å². The number of nitrogens with two attached hydrogens (primary N) is 1. The zero-order valence-electron chi connectivity index (χ0n) is 10.4. The van der Waals surface area contributed by atoms with Crippen LogP contribution in [-0.2, 0) is 7.05 Å². The van der Waals surface area contributed by atoms with Crippen LogP contribution in [0.3, 0.4) is 0 Å². The first-order chi connectivity index (χ1) is 8.90. The van der Waals surface area contributed by atoms with Crippen molar-refractivity contribution in [3.8, 4) is 0 Å². The quantitative estimate of drug-likeness (QED) is 0.871. The number of aryl methyl sites for hydroxylation is 2. The van der Waals surface area contributed by atoms with Crippen molar-refractivity contribution in [2.75, 3.05) is 11.1 Å². The van der Waals surface area contributed by atoms with Crippen molar-refractivity contribution in [2.24, 2.45) is 7.05 Å². The summed E-state index contributed by atoms with van der Waals surface area (Å²) in [5.74, 6) is -1.82. The Morgan fingerprint density at radius 3 is 2.63 bits per heavy atom. The molecule has 1 heterocycles. The van der Waals surface area contributed by atoms with Crippen LogP contribution in [0.1, 0.15) is 15.9 Å². The molecule has 0 aliphatic rings. The average Bonchev–Trinajstić information content (AvgIpc) is 2.67. The van der Waals surface area contributed by atoms with Gasteiger partial charge in [-0.15, -0.1) is 0 Å². The summed E-state index contributed by atoms with van der Waals surface area (Å²) in [5.41, 5.74) is 5.64. The maximum Gasteiger partial charge on any atom is 0.261 e. The highest BCUT2D eigenvalue weighted by atomic mass is 19.1. The number of benzene rings is 1. The fraction of sp³-hybridized carbons (Fsp3) is 0.167. The number of rotatable bonds is 2. The van der Waals surface area contributed by atoms with Crippen LogP contribution in [0.2, 0.25) is 0 Å². The Kier molecular flexibility index (Phi) is 3.20. The first-order valence-corrected chi connectivity index (χ1v) is 5.44. The van der Waals surface area contributed by atoms with Crippen LogP contribution < -0.4 is 11.1 Å². The standard InChI is InChI=1S/C12H12F2N4O/c1-6-3-9(14)10(4-8(6)13)17-12(19)7-5-16-18(2)11(7)15/h3-5H,15H2,1-2H3,(H,17,19).